The van der Waals surface area contributed by atoms with Gasteiger partial charge in [-0.15, -0.1) is 0 Å². The van der Waals surface area contributed by atoms with Crippen LogP contribution in [0, 0.1) is 0 Å². The molecule has 0 bridgehead atoms. The highest BCUT2D eigenvalue weighted by Crippen LogP contribution is 2.11. The van der Waals surface area contributed by atoms with E-state index >= 15 is 0 Å². The van der Waals surface area contributed by atoms with Crippen LogP contribution in [0.5, 0.6) is 0 Å². The van der Waals surface area contributed by atoms with Gasteiger partial charge in [-0.3, -0.25) is 0 Å². The number of benzene rings is 4. The fourth-order valence-corrected chi connectivity index (χ4v) is 4.12. The van der Waals surface area contributed by atoms with Crippen molar-refractivity contribution in [2.24, 2.45) is 0 Å². The zero-order valence-electron chi connectivity index (χ0n) is 16.6. The maximum absolute atomic E-state index is 10.7. The third kappa shape index (κ3) is 5.09. The summed E-state index contributed by atoms with van der Waals surface area (Å²) < 4.78 is 31.8. The van der Waals surface area contributed by atoms with E-state index in [0.29, 0.717) is 0 Å². The van der Waals surface area contributed by atoms with E-state index in [1.807, 2.05) is 0 Å². The fraction of sp³-hybridized carbons (Fsp3) is 0. The largest absolute Gasteiger partial charge is 0.317 e. The lowest BCUT2D eigenvalue weighted by Gasteiger charge is -2.44. The molecule has 0 amide bonds. The second-order valence-electron chi connectivity index (χ2n) is 7.03. The van der Waals surface area contributed by atoms with Gasteiger partial charge in [-0.1, -0.05) is 121 Å². The minimum Gasteiger partial charge on any atom is -0.195 e. The van der Waals surface area contributed by atoms with Crippen molar-refractivity contribution in [3.8, 4) is 0 Å². The average molecular weight is 436 g/mol. The van der Waals surface area contributed by atoms with E-state index in [0.717, 1.165) is 0 Å². The summed E-state index contributed by atoms with van der Waals surface area (Å²) in [5.74, 6) is 0. The van der Waals surface area contributed by atoms with Gasteiger partial charge in [-0.05, 0) is 11.6 Å². The van der Waals surface area contributed by atoms with Gasteiger partial charge in [0.1, 0.15) is 6.15 Å². The van der Waals surface area contributed by atoms with E-state index in [1.165, 1.54) is 21.9 Å². The Balaban J connectivity index is 0.000000401. The van der Waals surface area contributed by atoms with Crippen LogP contribution in [-0.4, -0.2) is 6.15 Å². The Hall–Kier alpha value is -3.24. The Kier molecular flexibility index (Phi) is 7.74. The van der Waals surface area contributed by atoms with Crippen molar-refractivity contribution >= 4 is 39.6 Å². The zero-order valence-corrected chi connectivity index (χ0v) is 17.4. The molecule has 4 aromatic carbocycles. The van der Waals surface area contributed by atoms with Crippen LogP contribution >= 0.6 is 11.6 Å². The van der Waals surface area contributed by atoms with Crippen LogP contribution in [0.15, 0.2) is 133 Å². The van der Waals surface area contributed by atoms with Crippen LogP contribution < -0.4 is 21.9 Å². The molecular weight excluding hydrogens is 416 g/mol. The first-order valence-corrected chi connectivity index (χ1v) is 10.2. The Morgan fingerprint density at radius 1 is 0.452 bits per heavy atom. The molecule has 0 unspecified atom stereocenters. The van der Waals surface area contributed by atoms with Gasteiger partial charge in [-0.25, -0.2) is 0 Å². The van der Waals surface area contributed by atoms with E-state index in [1.54, 1.807) is 0 Å². The second-order valence-corrected chi connectivity index (χ2v) is 7.36. The van der Waals surface area contributed by atoms with E-state index < -0.39 is 17.5 Å². The zero-order chi connectivity index (χ0) is 22.1. The molecule has 0 aliphatic carbocycles. The number of hydrogen-bond donors (Lipinski definition) is 0. The number of rotatable bonds is 4. The highest BCUT2D eigenvalue weighted by molar-refractivity contribution is 7.19. The minimum absolute atomic E-state index is 1.22. The Morgan fingerprint density at radius 2 is 0.645 bits per heavy atom. The van der Waals surface area contributed by atoms with E-state index in [-0.39, 0.29) is 0 Å². The van der Waals surface area contributed by atoms with Gasteiger partial charge < -0.3 is 0 Å². The summed E-state index contributed by atoms with van der Waals surface area (Å²) in [4.78, 5) is 0. The predicted octanol–water partition coefficient (Wildman–Crippen LogP) is 5.32. The second kappa shape index (κ2) is 10.7. The Bertz CT molecular complexity index is 921. The number of halogens is 4. The molecule has 0 aliphatic heterocycles. The lowest BCUT2D eigenvalue weighted by Crippen LogP contribution is -2.74. The molecule has 0 aromatic heterocycles. The number of hydrogen-bond acceptors (Lipinski definition) is 0. The molecule has 156 valence electrons. The molecule has 0 aliphatic rings. The molecule has 0 N–H and O–H groups in total. The molecular formula is C26H20BClF3-. The predicted molar refractivity (Wildman–Crippen MR) is 126 cm³/mol. The van der Waals surface area contributed by atoms with Gasteiger partial charge in [0.2, 0.25) is 0 Å². The van der Waals surface area contributed by atoms with Crippen molar-refractivity contribution in [1.82, 2.24) is 0 Å². The van der Waals surface area contributed by atoms with Gasteiger partial charge in [0.15, 0.2) is 0 Å². The first-order chi connectivity index (χ1) is 15.1. The van der Waals surface area contributed by atoms with Crippen molar-refractivity contribution in [1.29, 1.82) is 0 Å². The van der Waals surface area contributed by atoms with E-state index in [2.05, 4.69) is 133 Å². The average Bonchev–Trinajstić information content (AvgIpc) is 2.83. The lowest BCUT2D eigenvalue weighted by molar-refractivity contribution is 0.393. The Morgan fingerprint density at radius 3 is 0.806 bits per heavy atom. The maximum Gasteiger partial charge on any atom is 0.317 e. The van der Waals surface area contributed by atoms with Crippen molar-refractivity contribution in [2.75, 3.05) is 0 Å². The molecule has 0 atom stereocenters. The summed E-state index contributed by atoms with van der Waals surface area (Å²) >= 11 is 4.08. The highest BCUT2D eigenvalue weighted by atomic mass is 35.5. The van der Waals surface area contributed by atoms with Crippen molar-refractivity contribution in [2.45, 2.75) is 0 Å². The third-order valence-corrected chi connectivity index (χ3v) is 5.48. The minimum atomic E-state index is -2.48. The van der Waals surface area contributed by atoms with Crippen molar-refractivity contribution in [3.05, 3.63) is 133 Å². The summed E-state index contributed by atoms with van der Waals surface area (Å²) in [7, 11) is 0. The standard InChI is InChI=1S/C24H20B.C2ClF3/c1-5-13-21(14-6-1)25(22-15-7-2-8-16-22,23-17-9-3-10-18-23)24-19-11-4-12-20-24;3-1(4)2(5)6/h1-20H;/q-1;. The Labute approximate surface area is 185 Å². The topological polar surface area (TPSA) is 0 Å². The quantitative estimate of drug-likeness (QED) is 0.380. The van der Waals surface area contributed by atoms with Crippen LogP contribution in [-0.2, 0) is 0 Å². The van der Waals surface area contributed by atoms with Crippen LogP contribution in [0.25, 0.3) is 0 Å². The van der Waals surface area contributed by atoms with Crippen molar-refractivity contribution in [3.63, 3.8) is 0 Å². The van der Waals surface area contributed by atoms with Crippen LogP contribution in [0.4, 0.5) is 13.2 Å². The fourth-order valence-electron chi connectivity index (χ4n) is 4.12. The summed E-state index contributed by atoms with van der Waals surface area (Å²) in [6.07, 6.45) is -3.69. The molecule has 0 fully saturated rings. The molecule has 0 nitrogen and oxygen atoms in total. The van der Waals surface area contributed by atoms with Gasteiger partial charge in [0, 0.05) is 0 Å². The smallest absolute Gasteiger partial charge is 0.195 e. The van der Waals surface area contributed by atoms with Crippen LogP contribution in [0.1, 0.15) is 0 Å². The SMILES string of the molecule is FC(F)=C(F)Cl.c1ccc([B-](c2ccccc2)(c2ccccc2)c2ccccc2)cc1. The van der Waals surface area contributed by atoms with E-state index in [4.69, 9.17) is 0 Å². The van der Waals surface area contributed by atoms with Crippen molar-refractivity contribution < 1.29 is 13.2 Å². The normalized spacial score (nSPS) is 10.6. The molecule has 4 rings (SSSR count). The molecule has 31 heavy (non-hydrogen) atoms. The monoisotopic (exact) mass is 435 g/mol. The first kappa shape index (κ1) is 22.5. The molecule has 5 heteroatoms. The molecule has 4 aromatic rings. The molecule has 0 radical (unpaired) electrons. The van der Waals surface area contributed by atoms with Gasteiger partial charge in [0.05, 0.1) is 0 Å². The maximum atomic E-state index is 10.7. The first-order valence-electron chi connectivity index (χ1n) is 9.80. The molecule has 0 spiro atoms. The van der Waals surface area contributed by atoms with Gasteiger partial charge in [-0.2, -0.15) is 35.0 Å². The summed E-state index contributed by atoms with van der Waals surface area (Å²) in [6.45, 7) is 0. The van der Waals surface area contributed by atoms with Gasteiger partial charge in [0.25, 0.3) is 5.29 Å². The van der Waals surface area contributed by atoms with Gasteiger partial charge >= 0.3 is 6.08 Å². The highest BCUT2D eigenvalue weighted by Gasteiger charge is 2.30. The molecule has 0 heterocycles. The summed E-state index contributed by atoms with van der Waals surface area (Å²) in [6, 6.07) is 43.5. The molecule has 0 saturated carbocycles. The lowest BCUT2D eigenvalue weighted by atomic mass is 9.13. The van der Waals surface area contributed by atoms with Crippen LogP contribution in [0.3, 0.4) is 0 Å². The summed E-state index contributed by atoms with van der Waals surface area (Å²) in [5.41, 5.74) is 5.36. The van der Waals surface area contributed by atoms with Crippen LogP contribution in [0.2, 0.25) is 0 Å². The third-order valence-electron chi connectivity index (χ3n) is 5.34. The van der Waals surface area contributed by atoms with E-state index in [9.17, 15) is 13.2 Å². The summed E-state index contributed by atoms with van der Waals surface area (Å²) in [5, 5.41) is -1.94. The molecule has 0 saturated heterocycles.